The van der Waals surface area contributed by atoms with E-state index in [2.05, 4.69) is 0 Å². The van der Waals surface area contributed by atoms with Crippen LogP contribution in [0.4, 0.5) is 0 Å². The minimum absolute atomic E-state index is 0.713. The van der Waals surface area contributed by atoms with Crippen molar-refractivity contribution >= 4 is 23.4 Å². The van der Waals surface area contributed by atoms with Crippen LogP contribution in [0.25, 0.3) is 0 Å². The van der Waals surface area contributed by atoms with Crippen molar-refractivity contribution in [2.24, 2.45) is 0 Å². The standard InChI is InChI=1S/C7H10O2S2/c1-7(2,8)5-3-6(11-9)10-4-5/h3-4,8-9H,1-2H3. The van der Waals surface area contributed by atoms with Gasteiger partial charge in [0.15, 0.2) is 0 Å². The first-order valence-corrected chi connectivity index (χ1v) is 4.82. The van der Waals surface area contributed by atoms with Gasteiger partial charge >= 0.3 is 0 Å². The zero-order valence-electron chi connectivity index (χ0n) is 6.37. The van der Waals surface area contributed by atoms with Gasteiger partial charge in [0.25, 0.3) is 0 Å². The molecule has 0 aromatic carbocycles. The summed E-state index contributed by atoms with van der Waals surface area (Å²) in [6.45, 7) is 3.45. The molecule has 11 heavy (non-hydrogen) atoms. The van der Waals surface area contributed by atoms with E-state index in [4.69, 9.17) is 4.55 Å². The second kappa shape index (κ2) is 3.15. The minimum Gasteiger partial charge on any atom is -0.386 e. The zero-order valence-corrected chi connectivity index (χ0v) is 8.00. The highest BCUT2D eigenvalue weighted by molar-refractivity contribution is 7.95. The molecule has 0 aliphatic heterocycles. The molecule has 0 bridgehead atoms. The fraction of sp³-hybridized carbons (Fsp3) is 0.429. The van der Waals surface area contributed by atoms with E-state index in [-0.39, 0.29) is 0 Å². The summed E-state index contributed by atoms with van der Waals surface area (Å²) in [6.07, 6.45) is 0. The van der Waals surface area contributed by atoms with Crippen LogP contribution in [0.5, 0.6) is 0 Å². The molecule has 0 unspecified atom stereocenters. The molecule has 0 radical (unpaired) electrons. The Morgan fingerprint density at radius 2 is 2.18 bits per heavy atom. The van der Waals surface area contributed by atoms with Crippen molar-refractivity contribution in [2.75, 3.05) is 0 Å². The maximum absolute atomic E-state index is 9.51. The van der Waals surface area contributed by atoms with E-state index in [1.54, 1.807) is 19.9 Å². The van der Waals surface area contributed by atoms with Crippen molar-refractivity contribution in [3.63, 3.8) is 0 Å². The fourth-order valence-corrected chi connectivity index (χ4v) is 1.98. The second-order valence-electron chi connectivity index (χ2n) is 2.80. The minimum atomic E-state index is -0.801. The smallest absolute Gasteiger partial charge is 0.0877 e. The van der Waals surface area contributed by atoms with E-state index in [9.17, 15) is 5.11 Å². The van der Waals surface area contributed by atoms with Gasteiger partial charge in [-0.3, -0.25) is 0 Å². The average molecular weight is 190 g/mol. The number of thiophene rings is 1. The average Bonchev–Trinajstić information content (AvgIpc) is 2.32. The highest BCUT2D eigenvalue weighted by Gasteiger charge is 2.17. The third-order valence-corrected chi connectivity index (χ3v) is 2.90. The van der Waals surface area contributed by atoms with E-state index in [1.165, 1.54) is 11.3 Å². The van der Waals surface area contributed by atoms with Crippen LogP contribution >= 0.6 is 23.4 Å². The third-order valence-electron chi connectivity index (χ3n) is 1.37. The van der Waals surface area contributed by atoms with Crippen LogP contribution in [-0.2, 0) is 5.60 Å². The summed E-state index contributed by atoms with van der Waals surface area (Å²) in [7, 11) is 0. The van der Waals surface area contributed by atoms with Gasteiger partial charge in [0, 0.05) is 12.0 Å². The topological polar surface area (TPSA) is 40.5 Å². The van der Waals surface area contributed by atoms with E-state index in [0.717, 1.165) is 9.77 Å². The molecule has 0 saturated carbocycles. The molecule has 0 atom stereocenters. The van der Waals surface area contributed by atoms with Crippen LogP contribution in [-0.4, -0.2) is 9.66 Å². The quantitative estimate of drug-likeness (QED) is 0.704. The lowest BCUT2D eigenvalue weighted by atomic mass is 10.0. The first kappa shape index (κ1) is 9.06. The Labute approximate surface area is 74.1 Å². The highest BCUT2D eigenvalue weighted by atomic mass is 32.2. The molecule has 0 aliphatic carbocycles. The molecular formula is C7H10O2S2. The largest absolute Gasteiger partial charge is 0.386 e. The Bertz CT molecular complexity index is 237. The van der Waals surface area contributed by atoms with E-state index < -0.39 is 5.60 Å². The van der Waals surface area contributed by atoms with Crippen molar-refractivity contribution in [1.29, 1.82) is 0 Å². The van der Waals surface area contributed by atoms with E-state index >= 15 is 0 Å². The van der Waals surface area contributed by atoms with Crippen molar-refractivity contribution < 1.29 is 9.66 Å². The number of rotatable bonds is 2. The van der Waals surface area contributed by atoms with Gasteiger partial charge < -0.3 is 9.66 Å². The molecule has 2 N–H and O–H groups in total. The molecule has 1 heterocycles. The molecule has 0 fully saturated rings. The molecule has 2 nitrogen and oxygen atoms in total. The first-order chi connectivity index (χ1) is 5.04. The summed E-state index contributed by atoms with van der Waals surface area (Å²) < 4.78 is 9.47. The van der Waals surface area contributed by atoms with Gasteiger partial charge in [-0.15, -0.1) is 11.3 Å². The number of hydrogen-bond acceptors (Lipinski definition) is 4. The van der Waals surface area contributed by atoms with Gasteiger partial charge in [0.05, 0.1) is 9.81 Å². The molecule has 1 rings (SSSR count). The zero-order chi connectivity index (χ0) is 8.48. The van der Waals surface area contributed by atoms with Crippen LogP contribution < -0.4 is 0 Å². The predicted octanol–water partition coefficient (Wildman–Crippen LogP) is 2.54. The number of hydrogen-bond donors (Lipinski definition) is 2. The Balaban J connectivity index is 2.89. The summed E-state index contributed by atoms with van der Waals surface area (Å²) >= 11 is 2.14. The Hall–Kier alpha value is -0.0300. The third kappa shape index (κ3) is 2.20. The van der Waals surface area contributed by atoms with Gasteiger partial charge in [-0.25, -0.2) is 0 Å². The lowest BCUT2D eigenvalue weighted by molar-refractivity contribution is 0.0789. The SMILES string of the molecule is CC(C)(O)c1csc(SO)c1. The Kier molecular flexibility index (Phi) is 2.59. The van der Waals surface area contributed by atoms with Crippen molar-refractivity contribution in [1.82, 2.24) is 0 Å². The lowest BCUT2D eigenvalue weighted by Crippen LogP contribution is -2.13. The summed E-state index contributed by atoms with van der Waals surface area (Å²) in [5.74, 6) is 0. The summed E-state index contributed by atoms with van der Waals surface area (Å²) in [6, 6.07) is 1.79. The van der Waals surface area contributed by atoms with Crippen LogP contribution in [0, 0.1) is 0 Å². The first-order valence-electron chi connectivity index (χ1n) is 3.17. The van der Waals surface area contributed by atoms with Gasteiger partial charge in [-0.1, -0.05) is 0 Å². The van der Waals surface area contributed by atoms with Crippen molar-refractivity contribution in [2.45, 2.75) is 23.7 Å². The van der Waals surface area contributed by atoms with Crippen molar-refractivity contribution in [3.8, 4) is 0 Å². The predicted molar refractivity (Wildman–Crippen MR) is 48.0 cm³/mol. The monoisotopic (exact) mass is 190 g/mol. The maximum atomic E-state index is 9.51. The van der Waals surface area contributed by atoms with E-state index in [1.807, 2.05) is 5.38 Å². The van der Waals surface area contributed by atoms with Crippen LogP contribution in [0.15, 0.2) is 15.7 Å². The van der Waals surface area contributed by atoms with Crippen molar-refractivity contribution in [3.05, 3.63) is 17.0 Å². The van der Waals surface area contributed by atoms with Crippen LogP contribution in [0.2, 0.25) is 0 Å². The Morgan fingerprint density at radius 1 is 1.55 bits per heavy atom. The molecule has 1 aromatic heterocycles. The van der Waals surface area contributed by atoms with Gasteiger partial charge in [0.2, 0.25) is 0 Å². The van der Waals surface area contributed by atoms with Crippen LogP contribution in [0.1, 0.15) is 19.4 Å². The molecular weight excluding hydrogens is 180 g/mol. The van der Waals surface area contributed by atoms with Gasteiger partial charge in [-0.05, 0) is 30.9 Å². The van der Waals surface area contributed by atoms with Gasteiger partial charge in [0.1, 0.15) is 0 Å². The van der Waals surface area contributed by atoms with Crippen LogP contribution in [0.3, 0.4) is 0 Å². The molecule has 62 valence electrons. The summed E-state index contributed by atoms with van der Waals surface area (Å²) in [5.41, 5.74) is 0.0452. The molecule has 0 spiro atoms. The number of aliphatic hydroxyl groups is 1. The molecule has 0 aliphatic rings. The molecule has 0 saturated heterocycles. The van der Waals surface area contributed by atoms with E-state index in [0.29, 0.717) is 12.0 Å². The fourth-order valence-electron chi connectivity index (χ4n) is 0.685. The van der Waals surface area contributed by atoms with Gasteiger partial charge in [-0.2, -0.15) is 0 Å². The summed E-state index contributed by atoms with van der Waals surface area (Å²) in [4.78, 5) is 0. The maximum Gasteiger partial charge on any atom is 0.0877 e. The normalized spacial score (nSPS) is 12.0. The summed E-state index contributed by atoms with van der Waals surface area (Å²) in [5, 5.41) is 11.4. The highest BCUT2D eigenvalue weighted by Crippen LogP contribution is 2.29. The molecule has 1 aromatic rings. The molecule has 4 heteroatoms. The second-order valence-corrected chi connectivity index (χ2v) is 4.60. The molecule has 0 amide bonds. The Morgan fingerprint density at radius 3 is 2.45 bits per heavy atom. The lowest BCUT2D eigenvalue weighted by Gasteiger charge is -2.14.